The van der Waals surface area contributed by atoms with E-state index in [1.165, 1.54) is 20.3 Å². The van der Waals surface area contributed by atoms with Gasteiger partial charge in [-0.2, -0.15) is 0 Å². The second-order valence-corrected chi connectivity index (χ2v) is 10.8. The first-order chi connectivity index (χ1) is 21.0. The lowest BCUT2D eigenvalue weighted by molar-refractivity contribution is -0.130. The SMILES string of the molecule is C=C(C)NCCC.C=C(C)NCCC[C@H](N)C(=O)NC(C=O)CCC.C[C@H](C(=O)NCC(=O)NC(C=O)CCC(N)=O)[C@@H](C)O. The molecule has 0 aliphatic heterocycles. The molecule has 0 aliphatic rings. The number of amides is 4. The Balaban J connectivity index is -0.000000650. The van der Waals surface area contributed by atoms with Crippen molar-refractivity contribution < 1.29 is 33.9 Å². The molecule has 4 amide bonds. The summed E-state index contributed by atoms with van der Waals surface area (Å²) in [5.74, 6) is -2.48. The summed E-state index contributed by atoms with van der Waals surface area (Å²) in [5, 5.41) is 22.7. The van der Waals surface area contributed by atoms with Gasteiger partial charge in [0.25, 0.3) is 0 Å². The first-order valence-corrected chi connectivity index (χ1v) is 15.3. The number of allylic oxidation sites excluding steroid dienone is 2. The van der Waals surface area contributed by atoms with E-state index in [-0.39, 0.29) is 25.3 Å². The van der Waals surface area contributed by atoms with Crippen LogP contribution in [0.15, 0.2) is 24.6 Å². The molecule has 0 aromatic rings. The van der Waals surface area contributed by atoms with Crippen molar-refractivity contribution >= 4 is 36.2 Å². The molecule has 14 nitrogen and oxygen atoms in total. The highest BCUT2D eigenvalue weighted by molar-refractivity contribution is 5.87. The second-order valence-electron chi connectivity index (χ2n) is 10.8. The minimum atomic E-state index is -0.823. The molecule has 0 rings (SSSR count). The van der Waals surface area contributed by atoms with Gasteiger partial charge < -0.3 is 52.7 Å². The minimum Gasteiger partial charge on any atom is -0.393 e. The van der Waals surface area contributed by atoms with E-state index in [9.17, 15) is 33.9 Å². The predicted molar refractivity (Wildman–Crippen MR) is 176 cm³/mol. The summed E-state index contributed by atoms with van der Waals surface area (Å²) in [6, 6.07) is -1.79. The summed E-state index contributed by atoms with van der Waals surface area (Å²) >= 11 is 0. The molecule has 0 spiro atoms. The van der Waals surface area contributed by atoms with Gasteiger partial charge in [-0.1, -0.05) is 40.3 Å². The molecular weight excluding hydrogens is 582 g/mol. The number of carbonyl (C=O) groups excluding carboxylic acids is 6. The summed E-state index contributed by atoms with van der Waals surface area (Å²) in [5.41, 5.74) is 12.7. The van der Waals surface area contributed by atoms with Crippen molar-refractivity contribution in [1.29, 1.82) is 0 Å². The summed E-state index contributed by atoms with van der Waals surface area (Å²) in [6.07, 6.45) is 4.59. The van der Waals surface area contributed by atoms with Gasteiger partial charge in [-0.05, 0) is 52.9 Å². The molecule has 14 heteroatoms. The summed E-state index contributed by atoms with van der Waals surface area (Å²) < 4.78 is 0. The van der Waals surface area contributed by atoms with Crippen molar-refractivity contribution in [3.8, 4) is 0 Å². The number of aliphatic hydroxyl groups is 1. The molecule has 0 saturated heterocycles. The average molecular weight is 642 g/mol. The first-order valence-electron chi connectivity index (χ1n) is 15.3. The van der Waals surface area contributed by atoms with Gasteiger partial charge in [0.2, 0.25) is 23.6 Å². The largest absolute Gasteiger partial charge is 0.393 e. The number of aldehydes is 2. The Kier molecular flexibility index (Phi) is 29.4. The van der Waals surface area contributed by atoms with Crippen LogP contribution in [0.5, 0.6) is 0 Å². The van der Waals surface area contributed by atoms with Gasteiger partial charge in [-0.3, -0.25) is 19.2 Å². The molecule has 0 saturated carbocycles. The van der Waals surface area contributed by atoms with Gasteiger partial charge in [-0.25, -0.2) is 0 Å². The van der Waals surface area contributed by atoms with Crippen LogP contribution in [-0.2, 0) is 28.8 Å². The van der Waals surface area contributed by atoms with Crippen LogP contribution in [0.3, 0.4) is 0 Å². The molecule has 0 aliphatic carbocycles. The quantitative estimate of drug-likeness (QED) is 0.0594. The van der Waals surface area contributed by atoms with Crippen molar-refractivity contribution in [2.45, 2.75) is 111 Å². The fraction of sp³-hybridized carbons (Fsp3) is 0.677. The van der Waals surface area contributed by atoms with Gasteiger partial charge in [0.15, 0.2) is 0 Å². The molecule has 2 unspecified atom stereocenters. The Bertz CT molecular complexity index is 913. The van der Waals surface area contributed by atoms with Crippen LogP contribution >= 0.6 is 0 Å². The Labute approximate surface area is 269 Å². The van der Waals surface area contributed by atoms with Crippen LogP contribution in [-0.4, -0.2) is 85.2 Å². The predicted octanol–water partition coefficient (Wildman–Crippen LogP) is 0.289. The third-order valence-corrected chi connectivity index (χ3v) is 6.00. The molecule has 0 heterocycles. The van der Waals surface area contributed by atoms with Crippen LogP contribution in [0.1, 0.15) is 86.5 Å². The summed E-state index contributed by atoms with van der Waals surface area (Å²) in [4.78, 5) is 66.6. The molecule has 260 valence electrons. The van der Waals surface area contributed by atoms with Gasteiger partial charge in [-0.15, -0.1) is 0 Å². The number of nitrogens with two attached hydrogens (primary N) is 2. The second kappa shape index (κ2) is 29.0. The number of aliphatic hydroxyl groups excluding tert-OH is 1. The Hall–Kier alpha value is -3.78. The highest BCUT2D eigenvalue weighted by Gasteiger charge is 2.19. The van der Waals surface area contributed by atoms with Crippen molar-refractivity contribution in [3.05, 3.63) is 24.6 Å². The summed E-state index contributed by atoms with van der Waals surface area (Å²) in [7, 11) is 0. The van der Waals surface area contributed by atoms with Crippen LogP contribution in [0.2, 0.25) is 0 Å². The molecule has 0 radical (unpaired) electrons. The van der Waals surface area contributed by atoms with Crippen molar-refractivity contribution in [3.63, 3.8) is 0 Å². The molecular formula is C31H59N7O7. The maximum Gasteiger partial charge on any atom is 0.239 e. The first kappa shape index (κ1) is 45.6. The molecule has 45 heavy (non-hydrogen) atoms. The Morgan fingerprint density at radius 1 is 0.800 bits per heavy atom. The minimum absolute atomic E-state index is 0.0187. The van der Waals surface area contributed by atoms with Crippen LogP contribution in [0.4, 0.5) is 0 Å². The van der Waals surface area contributed by atoms with E-state index in [2.05, 4.69) is 46.7 Å². The van der Waals surface area contributed by atoms with Gasteiger partial charge in [0, 0.05) is 30.9 Å². The number of hydrogen-bond donors (Lipinski definition) is 8. The number of hydrogen-bond acceptors (Lipinski definition) is 10. The van der Waals surface area contributed by atoms with E-state index in [1.54, 1.807) is 0 Å². The van der Waals surface area contributed by atoms with E-state index >= 15 is 0 Å². The number of nitrogens with one attached hydrogen (secondary N) is 5. The topological polar surface area (TPSA) is 235 Å². The van der Waals surface area contributed by atoms with Gasteiger partial charge in [0.05, 0.1) is 36.7 Å². The van der Waals surface area contributed by atoms with Crippen molar-refractivity contribution in [2.24, 2.45) is 17.4 Å². The molecule has 10 N–H and O–H groups in total. The van der Waals surface area contributed by atoms with Crippen LogP contribution in [0.25, 0.3) is 0 Å². The summed E-state index contributed by atoms with van der Waals surface area (Å²) in [6.45, 7) is 19.8. The van der Waals surface area contributed by atoms with E-state index < -0.39 is 47.9 Å². The zero-order chi connectivity index (χ0) is 35.4. The monoisotopic (exact) mass is 641 g/mol. The van der Waals surface area contributed by atoms with Gasteiger partial charge >= 0.3 is 0 Å². The normalized spacial score (nSPS) is 13.2. The molecule has 5 atom stereocenters. The third kappa shape index (κ3) is 30.0. The lowest BCUT2D eigenvalue weighted by Crippen LogP contribution is -2.46. The van der Waals surface area contributed by atoms with E-state index in [0.717, 1.165) is 43.6 Å². The zero-order valence-corrected chi connectivity index (χ0v) is 28.1. The van der Waals surface area contributed by atoms with E-state index in [4.69, 9.17) is 11.5 Å². The molecule has 0 fully saturated rings. The Morgan fingerprint density at radius 3 is 1.76 bits per heavy atom. The highest BCUT2D eigenvalue weighted by Crippen LogP contribution is 2.01. The lowest BCUT2D eigenvalue weighted by Gasteiger charge is -2.16. The van der Waals surface area contributed by atoms with Crippen LogP contribution < -0.4 is 38.1 Å². The zero-order valence-electron chi connectivity index (χ0n) is 28.1. The molecule has 0 aromatic heterocycles. The highest BCUT2D eigenvalue weighted by atomic mass is 16.3. The van der Waals surface area contributed by atoms with E-state index in [0.29, 0.717) is 19.1 Å². The Morgan fingerprint density at radius 2 is 1.33 bits per heavy atom. The molecule has 0 bridgehead atoms. The molecule has 0 aromatic carbocycles. The fourth-order valence-corrected chi connectivity index (χ4v) is 3.15. The van der Waals surface area contributed by atoms with Crippen molar-refractivity contribution in [2.75, 3.05) is 19.6 Å². The standard InChI is InChI=1S/C13H25N3O2.C12H21N3O5.C6H13N/c1-4-6-11(9-17)16-13(18)12(14)7-5-8-15-10(2)3;1-7(8(2)17)12(20)14-5-11(19)15-9(6-16)3-4-10(13)18;1-4-5-7-6(2)3/h9,11-12,15H,2,4-8,14H2,1,3H3,(H,16,18);6-9,17H,3-5H2,1-2H3,(H2,13,18)(H,14,20)(H,15,19);7H,2,4-5H2,1,3H3/t11?,12-;7-,8+,9?;/m00./s1. The third-order valence-electron chi connectivity index (χ3n) is 6.00. The lowest BCUT2D eigenvalue weighted by atomic mass is 10.1. The van der Waals surface area contributed by atoms with Crippen molar-refractivity contribution in [1.82, 2.24) is 26.6 Å². The smallest absolute Gasteiger partial charge is 0.239 e. The maximum atomic E-state index is 11.7. The number of rotatable bonds is 22. The number of carbonyl (C=O) groups is 6. The van der Waals surface area contributed by atoms with Crippen LogP contribution in [0, 0.1) is 5.92 Å². The van der Waals surface area contributed by atoms with Gasteiger partial charge in [0.1, 0.15) is 12.6 Å². The fourth-order valence-electron chi connectivity index (χ4n) is 3.15. The average Bonchev–Trinajstić information content (AvgIpc) is 2.98. The number of primary amides is 1. The van der Waals surface area contributed by atoms with E-state index in [1.807, 2.05) is 20.8 Å². The maximum absolute atomic E-state index is 11.7.